The maximum absolute atomic E-state index is 11.9. The summed E-state index contributed by atoms with van der Waals surface area (Å²) >= 11 is 0. The van der Waals surface area contributed by atoms with Crippen molar-refractivity contribution in [2.45, 2.75) is 10.9 Å². The first-order valence-corrected chi connectivity index (χ1v) is 6.10. The number of rotatable bonds is 2. The molecule has 1 aliphatic heterocycles. The third-order valence-corrected chi connectivity index (χ3v) is 4.41. The van der Waals surface area contributed by atoms with E-state index in [-0.39, 0.29) is 21.1 Å². The van der Waals surface area contributed by atoms with Gasteiger partial charge in [0, 0.05) is 0 Å². The zero-order chi connectivity index (χ0) is 12.8. The Balaban J connectivity index is 2.62. The number of hydrogen-bond donors (Lipinski definition) is 3. The van der Waals surface area contributed by atoms with Gasteiger partial charge in [0.05, 0.1) is 9.80 Å². The van der Waals surface area contributed by atoms with Gasteiger partial charge in [0.15, 0.2) is 0 Å². The SMILES string of the molecule is NC(C(=O)O)C1=Cc2cc(O)ccc2S1(=O)=O. The van der Waals surface area contributed by atoms with Gasteiger partial charge in [-0.15, -0.1) is 0 Å². The highest BCUT2D eigenvalue weighted by Gasteiger charge is 2.36. The number of carboxylic acid groups (broad SMARTS) is 1. The van der Waals surface area contributed by atoms with Crippen molar-refractivity contribution >= 4 is 21.9 Å². The Bertz CT molecular complexity index is 632. The molecule has 1 heterocycles. The second-order valence-electron chi connectivity index (χ2n) is 3.59. The van der Waals surface area contributed by atoms with Crippen LogP contribution in [0, 0.1) is 0 Å². The summed E-state index contributed by atoms with van der Waals surface area (Å²) in [5, 5.41) is 18.0. The number of aromatic hydroxyl groups is 1. The van der Waals surface area contributed by atoms with Gasteiger partial charge in [-0.1, -0.05) is 0 Å². The Hall–Kier alpha value is -1.86. The summed E-state index contributed by atoms with van der Waals surface area (Å²) in [7, 11) is -3.86. The Kier molecular flexibility index (Phi) is 2.44. The van der Waals surface area contributed by atoms with Crippen LogP contribution < -0.4 is 5.73 Å². The van der Waals surface area contributed by atoms with E-state index in [1.807, 2.05) is 0 Å². The van der Waals surface area contributed by atoms with E-state index in [0.717, 1.165) is 0 Å². The molecule has 0 saturated heterocycles. The number of benzene rings is 1. The summed E-state index contributed by atoms with van der Waals surface area (Å²) in [6, 6.07) is 2.08. The van der Waals surface area contributed by atoms with Crippen LogP contribution in [0.4, 0.5) is 0 Å². The number of aliphatic carboxylic acids is 1. The third-order valence-electron chi connectivity index (χ3n) is 2.46. The molecule has 1 aromatic carbocycles. The number of phenols is 1. The highest BCUT2D eigenvalue weighted by Crippen LogP contribution is 2.35. The average molecular weight is 255 g/mol. The number of carboxylic acids is 1. The summed E-state index contributed by atoms with van der Waals surface area (Å²) in [5.41, 5.74) is 5.55. The van der Waals surface area contributed by atoms with Crippen molar-refractivity contribution in [3.8, 4) is 5.75 Å². The monoisotopic (exact) mass is 255 g/mol. The lowest BCUT2D eigenvalue weighted by Gasteiger charge is -2.07. The van der Waals surface area contributed by atoms with Crippen LogP contribution in [-0.2, 0) is 14.6 Å². The first-order chi connectivity index (χ1) is 7.84. The van der Waals surface area contributed by atoms with Gasteiger partial charge in [0.1, 0.15) is 11.8 Å². The fourth-order valence-electron chi connectivity index (χ4n) is 1.63. The molecule has 1 atom stereocenters. The van der Waals surface area contributed by atoms with Crippen molar-refractivity contribution in [1.29, 1.82) is 0 Å². The minimum absolute atomic E-state index is 0.0398. The largest absolute Gasteiger partial charge is 0.508 e. The highest BCUT2D eigenvalue weighted by atomic mass is 32.2. The number of hydrogen-bond acceptors (Lipinski definition) is 5. The molecule has 2 rings (SSSR count). The fraction of sp³-hybridized carbons (Fsp3) is 0.100. The van der Waals surface area contributed by atoms with Crippen molar-refractivity contribution in [3.05, 3.63) is 28.7 Å². The van der Waals surface area contributed by atoms with Crippen LogP contribution in [0.1, 0.15) is 5.56 Å². The summed E-state index contributed by atoms with van der Waals surface area (Å²) in [4.78, 5) is 10.3. The molecule has 6 nitrogen and oxygen atoms in total. The smallest absolute Gasteiger partial charge is 0.325 e. The van der Waals surface area contributed by atoms with Gasteiger partial charge < -0.3 is 15.9 Å². The van der Waals surface area contributed by atoms with E-state index in [1.54, 1.807) is 0 Å². The van der Waals surface area contributed by atoms with Crippen molar-refractivity contribution in [2.24, 2.45) is 5.73 Å². The van der Waals surface area contributed by atoms with Gasteiger partial charge in [-0.3, -0.25) is 4.79 Å². The first-order valence-electron chi connectivity index (χ1n) is 4.62. The summed E-state index contributed by atoms with van der Waals surface area (Å²) < 4.78 is 23.9. The maximum atomic E-state index is 11.9. The van der Waals surface area contributed by atoms with Crippen molar-refractivity contribution in [1.82, 2.24) is 0 Å². The average Bonchev–Trinajstić information content (AvgIpc) is 2.48. The van der Waals surface area contributed by atoms with Crippen LogP contribution in [0.3, 0.4) is 0 Å². The minimum atomic E-state index is -3.86. The lowest BCUT2D eigenvalue weighted by atomic mass is 10.1. The molecule has 7 heteroatoms. The van der Waals surface area contributed by atoms with Gasteiger partial charge in [-0.25, -0.2) is 8.42 Å². The molecule has 90 valence electrons. The number of sulfone groups is 1. The Labute approximate surface area is 96.9 Å². The molecule has 1 aliphatic rings. The van der Waals surface area contributed by atoms with Crippen LogP contribution >= 0.6 is 0 Å². The zero-order valence-corrected chi connectivity index (χ0v) is 9.31. The summed E-state index contributed by atoms with van der Waals surface area (Å²) in [6.45, 7) is 0. The minimum Gasteiger partial charge on any atom is -0.508 e. The van der Waals surface area contributed by atoms with E-state index >= 15 is 0 Å². The van der Waals surface area contributed by atoms with E-state index in [1.165, 1.54) is 24.3 Å². The second kappa shape index (κ2) is 3.57. The molecule has 0 bridgehead atoms. The first kappa shape index (κ1) is 11.6. The highest BCUT2D eigenvalue weighted by molar-refractivity contribution is 7.96. The van der Waals surface area contributed by atoms with Crippen LogP contribution in [0.25, 0.3) is 6.08 Å². The van der Waals surface area contributed by atoms with E-state index in [0.29, 0.717) is 0 Å². The van der Waals surface area contributed by atoms with E-state index < -0.39 is 21.8 Å². The Morgan fingerprint density at radius 2 is 2.00 bits per heavy atom. The summed E-state index contributed by atoms with van der Waals surface area (Å²) in [5.74, 6) is -1.52. The van der Waals surface area contributed by atoms with Gasteiger partial charge in [-0.2, -0.15) is 0 Å². The van der Waals surface area contributed by atoms with E-state index in [2.05, 4.69) is 0 Å². The molecule has 0 fully saturated rings. The predicted octanol–water partition coefficient (Wildman–Crippen LogP) is -0.0677. The third kappa shape index (κ3) is 1.69. The molecule has 0 aliphatic carbocycles. The molecule has 0 amide bonds. The quantitative estimate of drug-likeness (QED) is 0.681. The molecular formula is C10H9NO5S. The lowest BCUT2D eigenvalue weighted by molar-refractivity contribution is -0.137. The molecular weight excluding hydrogens is 246 g/mol. The number of fused-ring (bicyclic) bond motifs is 1. The molecule has 1 aromatic rings. The molecule has 0 aromatic heterocycles. The van der Waals surface area contributed by atoms with Crippen molar-refractivity contribution < 1.29 is 23.4 Å². The topological polar surface area (TPSA) is 118 Å². The normalized spacial score (nSPS) is 18.3. The molecule has 4 N–H and O–H groups in total. The van der Waals surface area contributed by atoms with Crippen molar-refractivity contribution in [3.63, 3.8) is 0 Å². The van der Waals surface area contributed by atoms with Crippen LogP contribution in [0.5, 0.6) is 5.75 Å². The molecule has 0 saturated carbocycles. The van der Waals surface area contributed by atoms with Gasteiger partial charge in [0.25, 0.3) is 0 Å². The second-order valence-corrected chi connectivity index (χ2v) is 5.51. The van der Waals surface area contributed by atoms with Crippen LogP contribution in [0.15, 0.2) is 28.0 Å². The van der Waals surface area contributed by atoms with Crippen LogP contribution in [0.2, 0.25) is 0 Å². The lowest BCUT2D eigenvalue weighted by Crippen LogP contribution is -2.34. The standard InChI is InChI=1S/C10H9NO5S/c11-9(10(13)14)8-4-5-3-6(12)1-2-7(5)17(8,15)16/h1-4,9,12H,11H2,(H,13,14). The van der Waals surface area contributed by atoms with Gasteiger partial charge in [-0.05, 0) is 29.8 Å². The number of nitrogens with two attached hydrogens (primary N) is 1. The van der Waals surface area contributed by atoms with Crippen LogP contribution in [-0.4, -0.2) is 30.6 Å². The zero-order valence-electron chi connectivity index (χ0n) is 8.49. The predicted molar refractivity (Wildman–Crippen MR) is 58.9 cm³/mol. The molecule has 0 radical (unpaired) electrons. The number of carbonyl (C=O) groups is 1. The Morgan fingerprint density at radius 1 is 1.35 bits per heavy atom. The molecule has 0 spiro atoms. The maximum Gasteiger partial charge on any atom is 0.325 e. The van der Waals surface area contributed by atoms with Crippen molar-refractivity contribution in [2.75, 3.05) is 0 Å². The number of phenolic OH excluding ortho intramolecular Hbond substituents is 1. The summed E-state index contributed by atoms with van der Waals surface area (Å²) in [6.07, 6.45) is 1.17. The van der Waals surface area contributed by atoms with Gasteiger partial charge in [0.2, 0.25) is 9.84 Å². The van der Waals surface area contributed by atoms with Gasteiger partial charge >= 0.3 is 5.97 Å². The van der Waals surface area contributed by atoms with E-state index in [4.69, 9.17) is 10.8 Å². The van der Waals surface area contributed by atoms with E-state index in [9.17, 15) is 18.3 Å². The fourth-order valence-corrected chi connectivity index (χ4v) is 3.28. The Morgan fingerprint density at radius 3 is 2.59 bits per heavy atom. The molecule has 1 unspecified atom stereocenters. The molecule has 17 heavy (non-hydrogen) atoms.